The van der Waals surface area contributed by atoms with E-state index in [1.165, 1.54) is 6.20 Å². The number of hydrogen-bond acceptors (Lipinski definition) is 5. The maximum atomic E-state index is 12.8. The quantitative estimate of drug-likeness (QED) is 0.454. The molecule has 3 aromatic heterocycles. The van der Waals surface area contributed by atoms with E-state index in [0.29, 0.717) is 27.3 Å². The molecule has 0 aliphatic rings. The molecule has 0 radical (unpaired) electrons. The number of nitriles is 1. The highest BCUT2D eigenvalue weighted by Gasteiger charge is 2.20. The van der Waals surface area contributed by atoms with Crippen molar-refractivity contribution in [3.05, 3.63) is 81.6 Å². The average molecular weight is 413 g/mol. The Balaban J connectivity index is 1.96. The number of pyridine rings is 2. The largest absolute Gasteiger partial charge is 0.382 e. The lowest BCUT2D eigenvalue weighted by molar-refractivity contribution is 0.901. The van der Waals surface area contributed by atoms with Crippen LogP contribution in [-0.4, -0.2) is 19.7 Å². The van der Waals surface area contributed by atoms with Gasteiger partial charge in [-0.15, -0.1) is 0 Å². The van der Waals surface area contributed by atoms with Crippen molar-refractivity contribution in [2.75, 3.05) is 5.73 Å². The first kappa shape index (κ1) is 17.9. The van der Waals surface area contributed by atoms with Crippen LogP contribution in [0, 0.1) is 11.3 Å². The van der Waals surface area contributed by atoms with Crippen LogP contribution in [0.5, 0.6) is 0 Å². The van der Waals surface area contributed by atoms with Crippen LogP contribution in [0.25, 0.3) is 38.9 Å². The summed E-state index contributed by atoms with van der Waals surface area (Å²) in [6.07, 6.45) is 1.44. The number of nitrogens with zero attached hydrogens (tertiary/aromatic N) is 4. The normalized spacial score (nSPS) is 11.1. The van der Waals surface area contributed by atoms with Gasteiger partial charge in [0.2, 0.25) is 5.43 Å². The molecule has 5 rings (SSSR count). The molecule has 0 fully saturated rings. The van der Waals surface area contributed by atoms with Gasteiger partial charge in [0.05, 0.1) is 27.7 Å². The SMILES string of the molecule is N#Cc1c(N)nc2c(cnc3c2c(-c2ccc(Cl)cc2)[nH]n3-c2ccccc2)c1=O. The summed E-state index contributed by atoms with van der Waals surface area (Å²) in [6.45, 7) is 0. The smallest absolute Gasteiger partial charge is 0.211 e. The van der Waals surface area contributed by atoms with Crippen molar-refractivity contribution in [3.8, 4) is 23.0 Å². The Morgan fingerprint density at radius 2 is 1.83 bits per heavy atom. The third-order valence-corrected chi connectivity index (χ3v) is 5.19. The number of nitrogen functional groups attached to an aromatic ring is 1. The predicted octanol–water partition coefficient (Wildman–Crippen LogP) is 4.04. The fourth-order valence-electron chi connectivity index (χ4n) is 3.52. The number of H-pyrrole nitrogens is 1. The summed E-state index contributed by atoms with van der Waals surface area (Å²) in [5.41, 5.74) is 8.64. The number of para-hydroxylation sites is 1. The molecule has 8 heteroatoms. The van der Waals surface area contributed by atoms with E-state index in [4.69, 9.17) is 17.3 Å². The highest BCUT2D eigenvalue weighted by Crippen LogP contribution is 2.33. The first-order valence-electron chi connectivity index (χ1n) is 9.03. The Morgan fingerprint density at radius 3 is 2.53 bits per heavy atom. The van der Waals surface area contributed by atoms with Gasteiger partial charge in [0.1, 0.15) is 17.5 Å². The van der Waals surface area contributed by atoms with Gasteiger partial charge < -0.3 is 5.73 Å². The molecule has 3 N–H and O–H groups in total. The van der Waals surface area contributed by atoms with Gasteiger partial charge in [-0.3, -0.25) is 9.89 Å². The third-order valence-electron chi connectivity index (χ3n) is 4.94. The maximum Gasteiger partial charge on any atom is 0.211 e. The second-order valence-corrected chi connectivity index (χ2v) is 7.13. The van der Waals surface area contributed by atoms with Gasteiger partial charge in [0.15, 0.2) is 5.65 Å². The fraction of sp³-hybridized carbons (Fsp3) is 0. The van der Waals surface area contributed by atoms with Gasteiger partial charge in [0, 0.05) is 16.8 Å². The van der Waals surface area contributed by atoms with Crippen LogP contribution in [0.1, 0.15) is 5.56 Å². The number of benzene rings is 2. The Morgan fingerprint density at radius 1 is 1.10 bits per heavy atom. The zero-order valence-corrected chi connectivity index (χ0v) is 16.2. The molecule has 0 bridgehead atoms. The van der Waals surface area contributed by atoms with E-state index in [2.05, 4.69) is 15.1 Å². The van der Waals surface area contributed by atoms with Crippen molar-refractivity contribution in [1.29, 1.82) is 5.26 Å². The van der Waals surface area contributed by atoms with Gasteiger partial charge in [-0.05, 0) is 24.3 Å². The lowest BCUT2D eigenvalue weighted by atomic mass is 10.1. The number of fused-ring (bicyclic) bond motifs is 3. The molecular weight excluding hydrogens is 400 g/mol. The second kappa shape index (κ2) is 6.72. The predicted molar refractivity (Wildman–Crippen MR) is 117 cm³/mol. The van der Waals surface area contributed by atoms with Gasteiger partial charge in [-0.25, -0.2) is 14.6 Å². The molecule has 7 nitrogen and oxygen atoms in total. The number of nitrogens with two attached hydrogens (primary N) is 1. The lowest BCUT2D eigenvalue weighted by Gasteiger charge is -2.05. The summed E-state index contributed by atoms with van der Waals surface area (Å²) in [5, 5.41) is 14.1. The standard InChI is InChI=1S/C22H13ClN6O/c23-13-8-6-12(7-9-13)18-17-19-16(20(30)15(10-24)21(25)27-19)11-26-22(17)29(28-18)14-4-2-1-3-5-14/h1-9,11,28H,25H2. The molecule has 0 aliphatic heterocycles. The first-order valence-corrected chi connectivity index (χ1v) is 9.40. The van der Waals surface area contributed by atoms with Gasteiger partial charge in [0.25, 0.3) is 0 Å². The van der Waals surface area contributed by atoms with E-state index in [0.717, 1.165) is 11.3 Å². The minimum atomic E-state index is -0.482. The van der Waals surface area contributed by atoms with Crippen LogP contribution in [0.2, 0.25) is 5.02 Å². The minimum Gasteiger partial charge on any atom is -0.382 e. The van der Waals surface area contributed by atoms with E-state index >= 15 is 0 Å². The molecule has 0 amide bonds. The molecule has 0 spiro atoms. The van der Waals surface area contributed by atoms with E-state index in [1.807, 2.05) is 53.2 Å². The topological polar surface area (TPSA) is 113 Å². The monoisotopic (exact) mass is 412 g/mol. The fourth-order valence-corrected chi connectivity index (χ4v) is 3.65. The molecule has 5 aromatic rings. The van der Waals surface area contributed by atoms with Crippen LogP contribution >= 0.6 is 11.6 Å². The van der Waals surface area contributed by atoms with Gasteiger partial charge >= 0.3 is 0 Å². The number of hydrogen-bond donors (Lipinski definition) is 2. The van der Waals surface area contributed by atoms with Crippen LogP contribution in [-0.2, 0) is 0 Å². The van der Waals surface area contributed by atoms with Crippen LogP contribution in [0.4, 0.5) is 5.82 Å². The van der Waals surface area contributed by atoms with Crippen LogP contribution in [0.15, 0.2) is 65.6 Å². The van der Waals surface area contributed by atoms with E-state index < -0.39 is 5.43 Å². The van der Waals surface area contributed by atoms with Crippen molar-refractivity contribution in [2.24, 2.45) is 0 Å². The Bertz CT molecular complexity index is 1530. The Kier molecular flexibility index (Phi) is 4.02. The van der Waals surface area contributed by atoms with Crippen molar-refractivity contribution >= 4 is 39.4 Å². The summed E-state index contributed by atoms with van der Waals surface area (Å²) in [6, 6.07) is 18.8. The van der Waals surface area contributed by atoms with Crippen molar-refractivity contribution in [2.45, 2.75) is 0 Å². The Labute approximate surface area is 175 Å². The number of nitrogens with one attached hydrogen (secondary N) is 1. The number of rotatable bonds is 2. The molecule has 144 valence electrons. The molecule has 0 atom stereocenters. The van der Waals surface area contributed by atoms with E-state index in [1.54, 1.807) is 12.1 Å². The van der Waals surface area contributed by atoms with E-state index in [-0.39, 0.29) is 16.8 Å². The molecule has 0 saturated heterocycles. The van der Waals surface area contributed by atoms with Crippen molar-refractivity contribution < 1.29 is 0 Å². The van der Waals surface area contributed by atoms with Gasteiger partial charge in [-0.2, -0.15) is 5.26 Å². The number of halogens is 1. The maximum absolute atomic E-state index is 12.8. The van der Waals surface area contributed by atoms with Crippen molar-refractivity contribution in [1.82, 2.24) is 19.7 Å². The van der Waals surface area contributed by atoms with Gasteiger partial charge in [-0.1, -0.05) is 41.9 Å². The molecular formula is C22H13ClN6O. The molecule has 2 aromatic carbocycles. The van der Waals surface area contributed by atoms with Crippen LogP contribution < -0.4 is 11.2 Å². The molecule has 30 heavy (non-hydrogen) atoms. The number of aromatic nitrogens is 4. The van der Waals surface area contributed by atoms with Crippen molar-refractivity contribution in [3.63, 3.8) is 0 Å². The molecule has 0 aliphatic carbocycles. The second-order valence-electron chi connectivity index (χ2n) is 6.70. The first-order chi connectivity index (χ1) is 14.6. The summed E-state index contributed by atoms with van der Waals surface area (Å²) >= 11 is 6.06. The molecule has 0 unspecified atom stereocenters. The highest BCUT2D eigenvalue weighted by molar-refractivity contribution is 6.30. The number of anilines is 1. The zero-order chi connectivity index (χ0) is 20.8. The minimum absolute atomic E-state index is 0.1000. The summed E-state index contributed by atoms with van der Waals surface area (Å²) in [4.78, 5) is 21.7. The van der Waals surface area contributed by atoms with Crippen LogP contribution in [0.3, 0.4) is 0 Å². The third kappa shape index (κ3) is 2.63. The summed E-state index contributed by atoms with van der Waals surface area (Å²) in [5.74, 6) is -0.1000. The molecule has 3 heterocycles. The molecule has 0 saturated carbocycles. The van der Waals surface area contributed by atoms with E-state index in [9.17, 15) is 10.1 Å². The summed E-state index contributed by atoms with van der Waals surface area (Å²) in [7, 11) is 0. The lowest BCUT2D eigenvalue weighted by Crippen LogP contribution is -2.12. The highest BCUT2D eigenvalue weighted by atomic mass is 35.5. The number of aromatic amines is 1. The zero-order valence-electron chi connectivity index (χ0n) is 15.4. The summed E-state index contributed by atoms with van der Waals surface area (Å²) < 4.78 is 1.82. The average Bonchev–Trinajstić information content (AvgIpc) is 3.15. The Hall–Kier alpha value is -4.15.